The average molecular weight is 309 g/mol. The van der Waals surface area contributed by atoms with E-state index in [4.69, 9.17) is 0 Å². The molecule has 0 bridgehead atoms. The summed E-state index contributed by atoms with van der Waals surface area (Å²) in [6.07, 6.45) is 1.65. The molecule has 1 saturated heterocycles. The number of carbonyl (C=O) groups is 3. The van der Waals surface area contributed by atoms with Gasteiger partial charge < -0.3 is 15.7 Å². The SMILES string of the molecule is CNC(=O)c1ccc(C(=O)NC2(C(=O)O)CCSC2)cn1. The summed E-state index contributed by atoms with van der Waals surface area (Å²) in [5.41, 5.74) is -0.806. The van der Waals surface area contributed by atoms with E-state index in [1.807, 2.05) is 0 Å². The summed E-state index contributed by atoms with van der Waals surface area (Å²) in [4.78, 5) is 38.8. The van der Waals surface area contributed by atoms with Crippen LogP contribution in [0, 0.1) is 0 Å². The molecule has 1 unspecified atom stereocenters. The van der Waals surface area contributed by atoms with Crippen molar-refractivity contribution in [2.75, 3.05) is 18.6 Å². The Kier molecular flexibility index (Phi) is 4.46. The molecule has 8 heteroatoms. The molecule has 1 aromatic heterocycles. The van der Waals surface area contributed by atoms with Crippen LogP contribution in [0.1, 0.15) is 27.3 Å². The highest BCUT2D eigenvalue weighted by Crippen LogP contribution is 2.28. The smallest absolute Gasteiger partial charge is 0.330 e. The van der Waals surface area contributed by atoms with E-state index < -0.39 is 17.4 Å². The molecule has 0 radical (unpaired) electrons. The topological polar surface area (TPSA) is 108 Å². The summed E-state index contributed by atoms with van der Waals surface area (Å²) in [6, 6.07) is 2.87. The number of thioether (sulfide) groups is 1. The standard InChI is InChI=1S/C13H15N3O4S/c1-14-11(18)9-3-2-8(6-15-9)10(17)16-13(12(19)20)4-5-21-7-13/h2-3,6H,4-5,7H2,1H3,(H,14,18)(H,16,17)(H,19,20). The van der Waals surface area contributed by atoms with Crippen molar-refractivity contribution in [3.05, 3.63) is 29.6 Å². The van der Waals surface area contributed by atoms with Gasteiger partial charge in [0.05, 0.1) is 5.56 Å². The zero-order valence-corrected chi connectivity index (χ0v) is 12.2. The number of carboxylic acids is 1. The zero-order valence-electron chi connectivity index (χ0n) is 11.4. The number of aromatic nitrogens is 1. The minimum atomic E-state index is -1.22. The van der Waals surface area contributed by atoms with Crippen molar-refractivity contribution in [1.29, 1.82) is 0 Å². The number of carboxylic acid groups (broad SMARTS) is 1. The lowest BCUT2D eigenvalue weighted by atomic mass is 9.98. The van der Waals surface area contributed by atoms with E-state index >= 15 is 0 Å². The zero-order chi connectivity index (χ0) is 15.5. The van der Waals surface area contributed by atoms with Crippen LogP contribution in [0.25, 0.3) is 0 Å². The van der Waals surface area contributed by atoms with Crippen LogP contribution in [0.4, 0.5) is 0 Å². The second-order valence-corrected chi connectivity index (χ2v) is 5.76. The molecule has 0 saturated carbocycles. The van der Waals surface area contributed by atoms with E-state index in [0.29, 0.717) is 17.9 Å². The Labute approximate surface area is 125 Å². The number of amides is 2. The van der Waals surface area contributed by atoms with Crippen molar-refractivity contribution in [1.82, 2.24) is 15.6 Å². The first kappa shape index (κ1) is 15.3. The number of hydrogen-bond donors (Lipinski definition) is 3. The largest absolute Gasteiger partial charge is 0.479 e. The second kappa shape index (κ2) is 6.13. The highest BCUT2D eigenvalue weighted by atomic mass is 32.2. The maximum atomic E-state index is 12.1. The minimum absolute atomic E-state index is 0.193. The van der Waals surface area contributed by atoms with Gasteiger partial charge in [0, 0.05) is 19.0 Å². The first-order valence-corrected chi connectivity index (χ1v) is 7.46. The van der Waals surface area contributed by atoms with E-state index in [0.717, 1.165) is 0 Å². The van der Waals surface area contributed by atoms with E-state index in [1.54, 1.807) is 0 Å². The van der Waals surface area contributed by atoms with Crippen LogP contribution in [0.15, 0.2) is 18.3 Å². The lowest BCUT2D eigenvalue weighted by molar-refractivity contribution is -0.143. The van der Waals surface area contributed by atoms with Crippen molar-refractivity contribution in [3.8, 4) is 0 Å². The molecule has 112 valence electrons. The van der Waals surface area contributed by atoms with E-state index in [-0.39, 0.29) is 17.2 Å². The normalized spacial score (nSPS) is 20.8. The van der Waals surface area contributed by atoms with Crippen LogP contribution in [-0.4, -0.2) is 52.0 Å². The molecule has 0 aromatic carbocycles. The number of nitrogens with zero attached hydrogens (tertiary/aromatic N) is 1. The average Bonchev–Trinajstić information content (AvgIpc) is 2.96. The lowest BCUT2D eigenvalue weighted by Crippen LogP contribution is -2.54. The molecule has 2 amide bonds. The number of carbonyl (C=O) groups excluding carboxylic acids is 2. The highest BCUT2D eigenvalue weighted by molar-refractivity contribution is 7.99. The molecule has 0 aliphatic carbocycles. The predicted molar refractivity (Wildman–Crippen MR) is 77.4 cm³/mol. The number of pyridine rings is 1. The van der Waals surface area contributed by atoms with Gasteiger partial charge in [0.1, 0.15) is 11.2 Å². The van der Waals surface area contributed by atoms with Gasteiger partial charge in [0.15, 0.2) is 0 Å². The molecule has 1 fully saturated rings. The van der Waals surface area contributed by atoms with Crippen molar-refractivity contribution >= 4 is 29.5 Å². The maximum Gasteiger partial charge on any atom is 0.330 e. The molecule has 2 rings (SSSR count). The van der Waals surface area contributed by atoms with Gasteiger partial charge in [-0.3, -0.25) is 14.6 Å². The molecule has 1 aliphatic rings. The third-order valence-electron chi connectivity index (χ3n) is 3.27. The molecule has 3 N–H and O–H groups in total. The van der Waals surface area contributed by atoms with Gasteiger partial charge in [-0.15, -0.1) is 0 Å². The Morgan fingerprint density at radius 2 is 2.10 bits per heavy atom. The first-order chi connectivity index (χ1) is 9.98. The highest BCUT2D eigenvalue weighted by Gasteiger charge is 2.43. The third-order valence-corrected chi connectivity index (χ3v) is 4.46. The van der Waals surface area contributed by atoms with Crippen molar-refractivity contribution < 1.29 is 19.5 Å². The predicted octanol–water partition coefficient (Wildman–Crippen LogP) is 0.131. The van der Waals surface area contributed by atoms with Crippen LogP contribution in [-0.2, 0) is 4.79 Å². The van der Waals surface area contributed by atoms with Gasteiger partial charge in [0.25, 0.3) is 11.8 Å². The number of rotatable bonds is 4. The quantitative estimate of drug-likeness (QED) is 0.729. The van der Waals surface area contributed by atoms with Gasteiger partial charge in [-0.1, -0.05) is 0 Å². The lowest BCUT2D eigenvalue weighted by Gasteiger charge is -2.24. The molecule has 1 aromatic rings. The summed E-state index contributed by atoms with van der Waals surface area (Å²) in [5.74, 6) is -0.846. The van der Waals surface area contributed by atoms with Crippen LogP contribution < -0.4 is 10.6 Å². The number of hydrogen-bond acceptors (Lipinski definition) is 5. The Morgan fingerprint density at radius 3 is 2.57 bits per heavy atom. The van der Waals surface area contributed by atoms with Gasteiger partial charge in [-0.2, -0.15) is 11.8 Å². The summed E-state index contributed by atoms with van der Waals surface area (Å²) in [5, 5.41) is 14.3. The minimum Gasteiger partial charge on any atom is -0.479 e. The van der Waals surface area contributed by atoms with Crippen LogP contribution >= 0.6 is 11.8 Å². The van der Waals surface area contributed by atoms with Crippen LogP contribution in [0.2, 0.25) is 0 Å². The fourth-order valence-corrected chi connectivity index (χ4v) is 3.29. The monoisotopic (exact) mass is 309 g/mol. The maximum absolute atomic E-state index is 12.1. The van der Waals surface area contributed by atoms with E-state index in [2.05, 4.69) is 15.6 Å². The van der Waals surface area contributed by atoms with E-state index in [9.17, 15) is 19.5 Å². The Bertz CT molecular complexity index is 567. The second-order valence-electron chi connectivity index (χ2n) is 4.66. The fraction of sp³-hybridized carbons (Fsp3) is 0.385. The summed E-state index contributed by atoms with van der Waals surface area (Å²) >= 11 is 1.49. The van der Waals surface area contributed by atoms with E-state index in [1.165, 1.54) is 37.1 Å². The summed E-state index contributed by atoms with van der Waals surface area (Å²) in [6.45, 7) is 0. The van der Waals surface area contributed by atoms with Crippen LogP contribution in [0.5, 0.6) is 0 Å². The van der Waals surface area contributed by atoms with Gasteiger partial charge in [-0.25, -0.2) is 4.79 Å². The molecular formula is C13H15N3O4S. The Hall–Kier alpha value is -2.09. The number of nitrogens with one attached hydrogen (secondary N) is 2. The molecule has 1 atom stereocenters. The van der Waals surface area contributed by atoms with Gasteiger partial charge in [0.2, 0.25) is 0 Å². The Morgan fingerprint density at radius 1 is 1.33 bits per heavy atom. The molecule has 7 nitrogen and oxygen atoms in total. The van der Waals surface area contributed by atoms with Gasteiger partial charge >= 0.3 is 5.97 Å². The van der Waals surface area contributed by atoms with Crippen molar-refractivity contribution in [2.45, 2.75) is 12.0 Å². The fourth-order valence-electron chi connectivity index (χ4n) is 1.97. The molecule has 2 heterocycles. The molecule has 1 aliphatic heterocycles. The third kappa shape index (κ3) is 3.15. The van der Waals surface area contributed by atoms with Gasteiger partial charge in [-0.05, 0) is 24.3 Å². The summed E-state index contributed by atoms with van der Waals surface area (Å²) in [7, 11) is 1.49. The van der Waals surface area contributed by atoms with Crippen molar-refractivity contribution in [2.24, 2.45) is 0 Å². The molecular weight excluding hydrogens is 294 g/mol. The summed E-state index contributed by atoms with van der Waals surface area (Å²) < 4.78 is 0. The first-order valence-electron chi connectivity index (χ1n) is 6.30. The van der Waals surface area contributed by atoms with Crippen LogP contribution in [0.3, 0.4) is 0 Å². The molecule has 0 spiro atoms. The van der Waals surface area contributed by atoms with Crippen molar-refractivity contribution in [3.63, 3.8) is 0 Å². The molecule has 21 heavy (non-hydrogen) atoms. The number of aliphatic carboxylic acids is 1. The Balaban J connectivity index is 2.13.